The lowest BCUT2D eigenvalue weighted by atomic mass is 9.98. The van der Waals surface area contributed by atoms with Gasteiger partial charge in [-0.1, -0.05) is 39.8 Å². The molecule has 0 fully saturated rings. The maximum Gasteiger partial charge on any atom is 0.335 e. The number of carboxylic acids is 1. The van der Waals surface area contributed by atoms with Crippen LogP contribution in [-0.2, 0) is 11.2 Å². The first-order chi connectivity index (χ1) is 11.8. The van der Waals surface area contributed by atoms with Crippen molar-refractivity contribution in [2.45, 2.75) is 46.0 Å². The van der Waals surface area contributed by atoms with E-state index in [1.807, 2.05) is 6.07 Å². The first-order valence-electron chi connectivity index (χ1n) is 8.44. The van der Waals surface area contributed by atoms with E-state index in [0.717, 1.165) is 11.3 Å². The van der Waals surface area contributed by atoms with Crippen molar-refractivity contribution in [2.24, 2.45) is 0 Å². The van der Waals surface area contributed by atoms with Gasteiger partial charge in [0.2, 0.25) is 0 Å². The van der Waals surface area contributed by atoms with Crippen molar-refractivity contribution in [3.63, 3.8) is 0 Å². The Morgan fingerprint density at radius 3 is 2.40 bits per heavy atom. The van der Waals surface area contributed by atoms with Gasteiger partial charge in [-0.2, -0.15) is 0 Å². The van der Waals surface area contributed by atoms with Crippen molar-refractivity contribution < 1.29 is 19.1 Å². The monoisotopic (exact) mass is 340 g/mol. The van der Waals surface area contributed by atoms with Gasteiger partial charge in [-0.25, -0.2) is 4.79 Å². The third-order valence-electron chi connectivity index (χ3n) is 3.94. The van der Waals surface area contributed by atoms with Gasteiger partial charge in [0, 0.05) is 12.3 Å². The molecule has 2 rings (SSSR count). The van der Waals surface area contributed by atoms with Crippen LogP contribution in [0.5, 0.6) is 0 Å². The maximum atomic E-state index is 12.2. The van der Waals surface area contributed by atoms with E-state index in [2.05, 4.69) is 27.7 Å². The molecule has 0 aliphatic heterocycles. The quantitative estimate of drug-likeness (QED) is 0.716. The summed E-state index contributed by atoms with van der Waals surface area (Å²) in [4.78, 5) is 23.1. The molecule has 0 unspecified atom stereocenters. The lowest BCUT2D eigenvalue weighted by molar-refractivity contribution is -0.113. The van der Waals surface area contributed by atoms with E-state index in [9.17, 15) is 9.59 Å². The molecule has 132 valence electrons. The summed E-state index contributed by atoms with van der Waals surface area (Å²) in [5.41, 5.74) is 2.03. The Kier molecular flexibility index (Phi) is 5.97. The minimum Gasteiger partial charge on any atom is -0.478 e. The molecule has 0 spiro atoms. The number of furan rings is 1. The molecule has 1 N–H and O–H groups in total. The molecular weight excluding hydrogens is 316 g/mol. The number of carboxylic acid groups (broad SMARTS) is 1. The van der Waals surface area contributed by atoms with Crippen LogP contribution < -0.4 is 0 Å². The van der Waals surface area contributed by atoms with Gasteiger partial charge in [0.05, 0.1) is 5.56 Å². The third kappa shape index (κ3) is 4.92. The molecule has 4 heteroatoms. The summed E-state index contributed by atoms with van der Waals surface area (Å²) in [6, 6.07) is 8.41. The van der Waals surface area contributed by atoms with Crippen LogP contribution in [0.2, 0.25) is 0 Å². The number of carbonyl (C=O) groups excluding carboxylic acids is 1. The smallest absolute Gasteiger partial charge is 0.335 e. The van der Waals surface area contributed by atoms with Gasteiger partial charge >= 0.3 is 5.97 Å². The van der Waals surface area contributed by atoms with Crippen molar-refractivity contribution in [1.29, 1.82) is 0 Å². The minimum atomic E-state index is -0.997. The van der Waals surface area contributed by atoms with Crippen molar-refractivity contribution in [3.05, 3.63) is 64.6 Å². The van der Waals surface area contributed by atoms with Crippen LogP contribution in [0.4, 0.5) is 0 Å². The lowest BCUT2D eigenvalue weighted by Gasteiger charge is -2.07. The predicted molar refractivity (Wildman–Crippen MR) is 98.0 cm³/mol. The fourth-order valence-corrected chi connectivity index (χ4v) is 2.67. The van der Waals surface area contributed by atoms with Crippen molar-refractivity contribution in [3.8, 4) is 0 Å². The van der Waals surface area contributed by atoms with Crippen LogP contribution in [0.3, 0.4) is 0 Å². The Hall–Kier alpha value is -2.62. The first kappa shape index (κ1) is 18.7. The summed E-state index contributed by atoms with van der Waals surface area (Å²) >= 11 is 0. The molecule has 0 amide bonds. The highest BCUT2D eigenvalue weighted by molar-refractivity contribution is 5.95. The second-order valence-electron chi connectivity index (χ2n) is 6.76. The number of aromatic carboxylic acids is 1. The van der Waals surface area contributed by atoms with E-state index >= 15 is 0 Å². The second-order valence-corrected chi connectivity index (χ2v) is 6.76. The highest BCUT2D eigenvalue weighted by atomic mass is 16.4. The summed E-state index contributed by atoms with van der Waals surface area (Å²) in [5, 5.41) is 9.00. The fraction of sp³-hybridized carbons (Fsp3) is 0.333. The zero-order valence-electron chi connectivity index (χ0n) is 15.1. The van der Waals surface area contributed by atoms with E-state index < -0.39 is 5.97 Å². The van der Waals surface area contributed by atoms with Crippen molar-refractivity contribution >= 4 is 17.8 Å². The van der Waals surface area contributed by atoms with Gasteiger partial charge in [-0.3, -0.25) is 4.79 Å². The number of rotatable bonds is 7. The van der Waals surface area contributed by atoms with Crippen LogP contribution in [0.15, 0.2) is 40.8 Å². The van der Waals surface area contributed by atoms with E-state index in [4.69, 9.17) is 9.52 Å². The van der Waals surface area contributed by atoms with Gasteiger partial charge in [-0.05, 0) is 47.4 Å². The number of allylic oxidation sites excluding steroid dienone is 1. The standard InChI is InChI=1S/C21H24O4/c1-13(2)19-12-18(25-20(19)14(3)4)9-8-17(22)11-15-6-5-7-16(10-15)21(23)24/h5-10,12-14H,11H2,1-4H3,(H,23,24)/b9-8+. The third-order valence-corrected chi connectivity index (χ3v) is 3.94. The molecule has 0 saturated heterocycles. The molecule has 0 aliphatic carbocycles. The van der Waals surface area contributed by atoms with Crippen molar-refractivity contribution in [1.82, 2.24) is 0 Å². The van der Waals surface area contributed by atoms with E-state index in [1.54, 1.807) is 18.2 Å². The number of hydrogen-bond donors (Lipinski definition) is 1. The van der Waals surface area contributed by atoms with Crippen LogP contribution in [0, 0.1) is 0 Å². The molecule has 4 nitrogen and oxygen atoms in total. The highest BCUT2D eigenvalue weighted by Gasteiger charge is 2.15. The normalized spacial score (nSPS) is 11.6. The Bertz CT molecular complexity index is 768. The first-order valence-corrected chi connectivity index (χ1v) is 8.44. The van der Waals surface area contributed by atoms with Gasteiger partial charge in [0.15, 0.2) is 5.78 Å². The Balaban J connectivity index is 2.11. The molecule has 25 heavy (non-hydrogen) atoms. The Morgan fingerprint density at radius 1 is 1.12 bits per heavy atom. The summed E-state index contributed by atoms with van der Waals surface area (Å²) in [6.07, 6.45) is 3.33. The molecule has 0 atom stereocenters. The molecule has 2 aromatic rings. The number of carbonyl (C=O) groups is 2. The highest BCUT2D eigenvalue weighted by Crippen LogP contribution is 2.30. The molecule has 1 aromatic carbocycles. The summed E-state index contributed by atoms with van der Waals surface area (Å²) < 4.78 is 5.87. The molecule has 0 saturated carbocycles. The van der Waals surface area contributed by atoms with E-state index in [0.29, 0.717) is 17.2 Å². The van der Waals surface area contributed by atoms with Crippen molar-refractivity contribution in [2.75, 3.05) is 0 Å². The van der Waals surface area contributed by atoms with Crippen LogP contribution >= 0.6 is 0 Å². The van der Waals surface area contributed by atoms with Gasteiger partial charge < -0.3 is 9.52 Å². The molecular formula is C21H24O4. The zero-order chi connectivity index (χ0) is 18.6. The number of benzene rings is 1. The predicted octanol–water partition coefficient (Wildman–Crippen LogP) is 5.05. The Morgan fingerprint density at radius 2 is 1.84 bits per heavy atom. The maximum absolute atomic E-state index is 12.2. The lowest BCUT2D eigenvalue weighted by Crippen LogP contribution is -2.01. The molecule has 0 aliphatic rings. The van der Waals surface area contributed by atoms with Gasteiger partial charge in [0.1, 0.15) is 11.5 Å². The minimum absolute atomic E-state index is 0.101. The van der Waals surface area contributed by atoms with Crippen LogP contribution in [-0.4, -0.2) is 16.9 Å². The van der Waals surface area contributed by atoms with Gasteiger partial charge in [0.25, 0.3) is 0 Å². The Labute approximate surface area is 148 Å². The largest absolute Gasteiger partial charge is 0.478 e. The SMILES string of the molecule is CC(C)c1cc(/C=C/C(=O)Cc2cccc(C(=O)O)c2)oc1C(C)C. The van der Waals surface area contributed by atoms with E-state index in [-0.39, 0.29) is 23.7 Å². The number of ketones is 1. The van der Waals surface area contributed by atoms with Crippen LogP contribution in [0.1, 0.15) is 72.5 Å². The summed E-state index contributed by atoms with van der Waals surface area (Å²) in [5.74, 6) is 1.17. The molecule has 0 radical (unpaired) electrons. The molecule has 0 bridgehead atoms. The fourth-order valence-electron chi connectivity index (χ4n) is 2.67. The average Bonchev–Trinajstić information content (AvgIpc) is 2.98. The second kappa shape index (κ2) is 7.97. The zero-order valence-corrected chi connectivity index (χ0v) is 15.1. The summed E-state index contributed by atoms with van der Waals surface area (Å²) in [6.45, 7) is 8.40. The average molecular weight is 340 g/mol. The molecule has 1 aromatic heterocycles. The molecule has 1 heterocycles. The van der Waals surface area contributed by atoms with Gasteiger partial charge in [-0.15, -0.1) is 0 Å². The van der Waals surface area contributed by atoms with E-state index in [1.165, 1.54) is 18.2 Å². The number of hydrogen-bond acceptors (Lipinski definition) is 3. The summed E-state index contributed by atoms with van der Waals surface area (Å²) in [7, 11) is 0. The van der Waals surface area contributed by atoms with Crippen LogP contribution in [0.25, 0.3) is 6.08 Å². The topological polar surface area (TPSA) is 67.5 Å².